The first-order valence-electron chi connectivity index (χ1n) is 12.2. The van der Waals surface area contributed by atoms with Gasteiger partial charge in [0, 0.05) is 34.2 Å². The van der Waals surface area contributed by atoms with E-state index in [1.807, 2.05) is 30.3 Å². The molecule has 1 aromatic heterocycles. The molecular formula is C28H25ClN4O4. The molecule has 188 valence electrons. The van der Waals surface area contributed by atoms with Crippen LogP contribution in [0, 0.1) is 10.1 Å². The van der Waals surface area contributed by atoms with Gasteiger partial charge < -0.3 is 4.74 Å². The fourth-order valence-corrected chi connectivity index (χ4v) is 4.84. The van der Waals surface area contributed by atoms with E-state index in [0.717, 1.165) is 37.7 Å². The molecule has 1 aliphatic carbocycles. The van der Waals surface area contributed by atoms with Crippen LogP contribution in [0.5, 0.6) is 5.75 Å². The summed E-state index contributed by atoms with van der Waals surface area (Å²) < 4.78 is 7.32. The first-order chi connectivity index (χ1) is 18.0. The predicted octanol–water partition coefficient (Wildman–Crippen LogP) is 6.47. The zero-order valence-corrected chi connectivity index (χ0v) is 20.8. The van der Waals surface area contributed by atoms with Gasteiger partial charge in [0.25, 0.3) is 11.2 Å². The number of hydrogen-bond donors (Lipinski definition) is 0. The summed E-state index contributed by atoms with van der Waals surface area (Å²) >= 11 is 6.25. The molecule has 37 heavy (non-hydrogen) atoms. The standard InChI is InChI=1S/C28H25ClN4O4/c29-24-12-6-4-10-20(24)18-37-26-15-14-22(33(35)36)16-21(26)17-30-32-27(19-8-2-1-3-9-19)31-25-13-7-5-11-23(25)28(32)34/h4-7,10-17,19H,1-3,8-9,18H2. The van der Waals surface area contributed by atoms with Crippen molar-refractivity contribution < 1.29 is 9.66 Å². The van der Waals surface area contributed by atoms with E-state index in [2.05, 4.69) is 5.10 Å². The van der Waals surface area contributed by atoms with E-state index in [0.29, 0.717) is 33.1 Å². The smallest absolute Gasteiger partial charge is 0.282 e. The van der Waals surface area contributed by atoms with Gasteiger partial charge in [-0.15, -0.1) is 0 Å². The van der Waals surface area contributed by atoms with Crippen molar-refractivity contribution in [1.29, 1.82) is 0 Å². The summed E-state index contributed by atoms with van der Waals surface area (Å²) in [5.41, 5.74) is 1.41. The number of fused-ring (bicyclic) bond motifs is 1. The van der Waals surface area contributed by atoms with Crippen LogP contribution in [0.4, 0.5) is 5.69 Å². The largest absolute Gasteiger partial charge is 0.488 e. The zero-order valence-electron chi connectivity index (χ0n) is 20.0. The van der Waals surface area contributed by atoms with Gasteiger partial charge in [-0.1, -0.05) is 61.2 Å². The van der Waals surface area contributed by atoms with Gasteiger partial charge in [0.05, 0.1) is 22.0 Å². The molecule has 0 spiro atoms. The first kappa shape index (κ1) is 24.6. The molecule has 1 aliphatic rings. The van der Waals surface area contributed by atoms with Crippen LogP contribution >= 0.6 is 11.6 Å². The Morgan fingerprint density at radius 3 is 2.62 bits per heavy atom. The van der Waals surface area contributed by atoms with Crippen LogP contribution in [0.2, 0.25) is 5.02 Å². The van der Waals surface area contributed by atoms with Crippen LogP contribution in [0.3, 0.4) is 0 Å². The number of nitro benzene ring substituents is 1. The number of ether oxygens (including phenoxy) is 1. The maximum atomic E-state index is 13.5. The fraction of sp³-hybridized carbons (Fsp3) is 0.250. The third-order valence-corrected chi connectivity index (χ3v) is 6.98. The topological polar surface area (TPSA) is 99.6 Å². The Balaban J connectivity index is 1.56. The van der Waals surface area contributed by atoms with Crippen molar-refractivity contribution in [3.63, 3.8) is 0 Å². The number of nitro groups is 1. The van der Waals surface area contributed by atoms with E-state index in [1.165, 1.54) is 29.1 Å². The van der Waals surface area contributed by atoms with Gasteiger partial charge in [-0.05, 0) is 37.1 Å². The molecule has 0 radical (unpaired) electrons. The lowest BCUT2D eigenvalue weighted by Crippen LogP contribution is -2.25. The molecule has 0 aliphatic heterocycles. The second kappa shape index (κ2) is 10.9. The number of hydrogen-bond acceptors (Lipinski definition) is 6. The summed E-state index contributed by atoms with van der Waals surface area (Å²) in [6.45, 7) is 0.170. The van der Waals surface area contributed by atoms with Gasteiger partial charge in [-0.3, -0.25) is 14.9 Å². The molecule has 1 heterocycles. The average molecular weight is 517 g/mol. The highest BCUT2D eigenvalue weighted by Crippen LogP contribution is 2.32. The summed E-state index contributed by atoms with van der Waals surface area (Å²) in [6, 6.07) is 18.8. The zero-order chi connectivity index (χ0) is 25.8. The molecule has 5 rings (SSSR count). The summed E-state index contributed by atoms with van der Waals surface area (Å²) in [4.78, 5) is 29.3. The van der Waals surface area contributed by atoms with Crippen molar-refractivity contribution in [2.75, 3.05) is 0 Å². The minimum Gasteiger partial charge on any atom is -0.488 e. The fourth-order valence-electron chi connectivity index (χ4n) is 4.65. The highest BCUT2D eigenvalue weighted by molar-refractivity contribution is 6.31. The van der Waals surface area contributed by atoms with Crippen LogP contribution in [-0.4, -0.2) is 20.8 Å². The van der Waals surface area contributed by atoms with Gasteiger partial charge in [0.2, 0.25) is 0 Å². The molecule has 0 saturated heterocycles. The molecule has 3 aromatic carbocycles. The highest BCUT2D eigenvalue weighted by Gasteiger charge is 2.22. The van der Waals surface area contributed by atoms with Crippen molar-refractivity contribution in [3.8, 4) is 5.75 Å². The molecule has 1 saturated carbocycles. The molecule has 0 bridgehead atoms. The quantitative estimate of drug-likeness (QED) is 0.159. The van der Waals surface area contributed by atoms with Gasteiger partial charge in [-0.2, -0.15) is 9.78 Å². The summed E-state index contributed by atoms with van der Waals surface area (Å²) in [5, 5.41) is 17.0. The molecule has 0 atom stereocenters. The third kappa shape index (κ3) is 5.39. The van der Waals surface area contributed by atoms with E-state index in [-0.39, 0.29) is 23.8 Å². The van der Waals surface area contributed by atoms with Crippen LogP contribution in [0.25, 0.3) is 10.9 Å². The van der Waals surface area contributed by atoms with Crippen molar-refractivity contribution >= 4 is 34.4 Å². The SMILES string of the molecule is O=c1c2ccccc2nc(C2CCCCC2)n1N=Cc1cc([N+](=O)[O-])ccc1OCc1ccccc1Cl. The van der Waals surface area contributed by atoms with Crippen LogP contribution < -0.4 is 10.3 Å². The Bertz CT molecular complexity index is 1540. The van der Waals surface area contributed by atoms with Crippen molar-refractivity contribution in [2.24, 2.45) is 5.10 Å². The highest BCUT2D eigenvalue weighted by atomic mass is 35.5. The molecule has 9 heteroatoms. The number of halogens is 1. The molecule has 4 aromatic rings. The second-order valence-corrected chi connectivity index (χ2v) is 9.45. The van der Waals surface area contributed by atoms with Crippen molar-refractivity contribution in [3.05, 3.63) is 109 Å². The Hall–Kier alpha value is -4.04. The number of nitrogens with zero attached hydrogens (tertiary/aromatic N) is 4. The third-order valence-electron chi connectivity index (χ3n) is 6.61. The summed E-state index contributed by atoms with van der Waals surface area (Å²) in [5.74, 6) is 1.11. The van der Waals surface area contributed by atoms with Crippen LogP contribution in [0.15, 0.2) is 76.6 Å². The number of aromatic nitrogens is 2. The number of rotatable bonds is 7. The molecule has 0 N–H and O–H groups in total. The van der Waals surface area contributed by atoms with E-state index in [4.69, 9.17) is 21.3 Å². The van der Waals surface area contributed by atoms with Gasteiger partial charge in [0.15, 0.2) is 0 Å². The van der Waals surface area contributed by atoms with Gasteiger partial charge in [-0.25, -0.2) is 4.98 Å². The molecule has 0 unspecified atom stereocenters. The van der Waals surface area contributed by atoms with Crippen molar-refractivity contribution in [1.82, 2.24) is 9.66 Å². The van der Waals surface area contributed by atoms with Crippen LogP contribution in [-0.2, 0) is 6.61 Å². The minimum atomic E-state index is -0.480. The summed E-state index contributed by atoms with van der Waals surface area (Å²) in [7, 11) is 0. The first-order valence-corrected chi connectivity index (χ1v) is 12.6. The lowest BCUT2D eigenvalue weighted by Gasteiger charge is -2.22. The summed E-state index contributed by atoms with van der Waals surface area (Å²) in [6.07, 6.45) is 6.60. The number of para-hydroxylation sites is 1. The maximum Gasteiger partial charge on any atom is 0.282 e. The normalized spacial score (nSPS) is 14.3. The Morgan fingerprint density at radius 2 is 1.84 bits per heavy atom. The monoisotopic (exact) mass is 516 g/mol. The lowest BCUT2D eigenvalue weighted by atomic mass is 9.88. The molecular weight excluding hydrogens is 492 g/mol. The van der Waals surface area contributed by atoms with E-state index in [1.54, 1.807) is 18.2 Å². The minimum absolute atomic E-state index is 0.108. The van der Waals surface area contributed by atoms with E-state index < -0.39 is 4.92 Å². The Labute approximate surface area is 218 Å². The van der Waals surface area contributed by atoms with Crippen molar-refractivity contribution in [2.45, 2.75) is 44.6 Å². The van der Waals surface area contributed by atoms with E-state index in [9.17, 15) is 14.9 Å². The lowest BCUT2D eigenvalue weighted by molar-refractivity contribution is -0.384. The number of benzene rings is 3. The second-order valence-electron chi connectivity index (χ2n) is 9.04. The van der Waals surface area contributed by atoms with Crippen LogP contribution in [0.1, 0.15) is 55.0 Å². The predicted molar refractivity (Wildman–Crippen MR) is 144 cm³/mol. The van der Waals surface area contributed by atoms with Gasteiger partial charge >= 0.3 is 0 Å². The molecule has 1 fully saturated rings. The average Bonchev–Trinajstić information content (AvgIpc) is 2.92. The maximum absolute atomic E-state index is 13.5. The Kier molecular flexibility index (Phi) is 7.28. The molecule has 0 amide bonds. The van der Waals surface area contributed by atoms with Gasteiger partial charge in [0.1, 0.15) is 18.2 Å². The van der Waals surface area contributed by atoms with E-state index >= 15 is 0 Å². The number of non-ortho nitro benzene ring substituents is 1. The Morgan fingerprint density at radius 1 is 1.08 bits per heavy atom. The molecule has 8 nitrogen and oxygen atoms in total.